The van der Waals surface area contributed by atoms with Gasteiger partial charge in [-0.1, -0.05) is 0 Å². The second-order valence-electron chi connectivity index (χ2n) is 9.06. The van der Waals surface area contributed by atoms with E-state index in [1.165, 1.54) is 32.5 Å². The first-order chi connectivity index (χ1) is 9.15. The molecule has 19 heavy (non-hydrogen) atoms. The van der Waals surface area contributed by atoms with Gasteiger partial charge < -0.3 is 10.6 Å². The molecule has 6 fully saturated rings. The standard InChI is InChI=1S/C17H28N2/c18-15-9-19(11-17(15)1-2-17)10-16-6-12-3-13(7-16)5-14(4-12)8-16/h12-15H,1-11,18H2. The molecule has 2 heteroatoms. The number of hydrogen-bond acceptors (Lipinski definition) is 2. The fourth-order valence-electron chi connectivity index (χ4n) is 6.87. The SMILES string of the molecule is NC1CN(CC23CC4CC(CC(C4)C2)C3)CC12CC2. The summed E-state index contributed by atoms with van der Waals surface area (Å²) in [5, 5.41) is 0. The van der Waals surface area contributed by atoms with Crippen LogP contribution in [0.15, 0.2) is 0 Å². The van der Waals surface area contributed by atoms with Crippen molar-refractivity contribution in [3.8, 4) is 0 Å². The Morgan fingerprint density at radius 2 is 1.53 bits per heavy atom. The third-order valence-corrected chi connectivity index (χ3v) is 7.40. The van der Waals surface area contributed by atoms with Gasteiger partial charge in [0.05, 0.1) is 0 Å². The predicted octanol–water partition coefficient (Wildman–Crippen LogP) is 2.63. The van der Waals surface area contributed by atoms with Crippen LogP contribution in [-0.4, -0.2) is 30.6 Å². The minimum Gasteiger partial charge on any atom is -0.326 e. The van der Waals surface area contributed by atoms with Gasteiger partial charge in [-0.05, 0) is 80.0 Å². The fourth-order valence-corrected chi connectivity index (χ4v) is 6.87. The highest BCUT2D eigenvalue weighted by Crippen LogP contribution is 2.61. The number of nitrogens with zero attached hydrogens (tertiary/aromatic N) is 1. The molecule has 1 atom stereocenters. The van der Waals surface area contributed by atoms with Gasteiger partial charge in [-0.2, -0.15) is 0 Å². The zero-order valence-electron chi connectivity index (χ0n) is 12.1. The lowest BCUT2D eigenvalue weighted by molar-refractivity contribution is -0.0670. The molecule has 2 nitrogen and oxygen atoms in total. The minimum atomic E-state index is 0.487. The maximum atomic E-state index is 6.39. The molecule has 1 aliphatic heterocycles. The Morgan fingerprint density at radius 1 is 0.947 bits per heavy atom. The van der Waals surface area contributed by atoms with Gasteiger partial charge in [0.25, 0.3) is 0 Å². The van der Waals surface area contributed by atoms with E-state index in [1.807, 2.05) is 0 Å². The van der Waals surface area contributed by atoms with Gasteiger partial charge >= 0.3 is 0 Å². The van der Waals surface area contributed by atoms with Gasteiger partial charge in [0.1, 0.15) is 0 Å². The third kappa shape index (κ3) is 1.68. The molecule has 1 heterocycles. The number of likely N-dealkylation sites (tertiary alicyclic amines) is 1. The molecule has 2 N–H and O–H groups in total. The Kier molecular flexibility index (Phi) is 2.17. The van der Waals surface area contributed by atoms with E-state index in [0.29, 0.717) is 11.5 Å². The second-order valence-corrected chi connectivity index (χ2v) is 9.06. The smallest absolute Gasteiger partial charge is 0.0237 e. The summed E-state index contributed by atoms with van der Waals surface area (Å²) < 4.78 is 0. The van der Waals surface area contributed by atoms with Gasteiger partial charge in [-0.15, -0.1) is 0 Å². The monoisotopic (exact) mass is 260 g/mol. The van der Waals surface area contributed by atoms with Gasteiger partial charge in [0.15, 0.2) is 0 Å². The maximum absolute atomic E-state index is 6.39. The molecule has 106 valence electrons. The number of nitrogens with two attached hydrogens (primary N) is 1. The molecule has 0 amide bonds. The normalized spacial score (nSPS) is 54.2. The molecular weight excluding hydrogens is 232 g/mol. The molecule has 5 aliphatic carbocycles. The van der Waals surface area contributed by atoms with Crippen LogP contribution in [-0.2, 0) is 0 Å². The molecule has 4 bridgehead atoms. The quantitative estimate of drug-likeness (QED) is 0.827. The van der Waals surface area contributed by atoms with Gasteiger partial charge in [0, 0.05) is 25.7 Å². The van der Waals surface area contributed by atoms with E-state index in [-0.39, 0.29) is 0 Å². The van der Waals surface area contributed by atoms with Crippen LogP contribution in [0.2, 0.25) is 0 Å². The molecule has 1 unspecified atom stereocenters. The summed E-state index contributed by atoms with van der Waals surface area (Å²) in [5.41, 5.74) is 7.68. The molecule has 6 rings (SSSR count). The van der Waals surface area contributed by atoms with E-state index in [2.05, 4.69) is 4.90 Å². The molecule has 0 aromatic rings. The summed E-state index contributed by atoms with van der Waals surface area (Å²) in [6.07, 6.45) is 12.2. The average Bonchev–Trinajstić information content (AvgIpc) is 3.00. The fraction of sp³-hybridized carbons (Fsp3) is 1.00. The molecule has 0 aromatic heterocycles. The molecule has 0 aromatic carbocycles. The van der Waals surface area contributed by atoms with Crippen molar-refractivity contribution in [1.29, 1.82) is 0 Å². The van der Waals surface area contributed by atoms with Crippen LogP contribution in [0, 0.1) is 28.6 Å². The van der Waals surface area contributed by atoms with Crippen LogP contribution >= 0.6 is 0 Å². The van der Waals surface area contributed by atoms with Crippen LogP contribution in [0.4, 0.5) is 0 Å². The maximum Gasteiger partial charge on any atom is 0.0237 e. The molecule has 1 saturated heterocycles. The van der Waals surface area contributed by atoms with Crippen LogP contribution < -0.4 is 5.73 Å². The molecule has 5 saturated carbocycles. The first-order valence-electron chi connectivity index (χ1n) is 8.63. The Bertz CT molecular complexity index is 363. The highest BCUT2D eigenvalue weighted by molar-refractivity contribution is 5.10. The van der Waals surface area contributed by atoms with E-state index in [0.717, 1.165) is 23.2 Å². The summed E-state index contributed by atoms with van der Waals surface area (Å²) >= 11 is 0. The van der Waals surface area contributed by atoms with Crippen LogP contribution in [0.3, 0.4) is 0 Å². The van der Waals surface area contributed by atoms with Crippen molar-refractivity contribution in [1.82, 2.24) is 4.90 Å². The van der Waals surface area contributed by atoms with Gasteiger partial charge in [-0.3, -0.25) is 0 Å². The zero-order chi connectivity index (χ0) is 12.7. The third-order valence-electron chi connectivity index (χ3n) is 7.40. The summed E-state index contributed by atoms with van der Waals surface area (Å²) in [5.74, 6) is 3.28. The molecule has 1 spiro atoms. The summed E-state index contributed by atoms with van der Waals surface area (Å²) in [6.45, 7) is 3.92. The van der Waals surface area contributed by atoms with E-state index in [1.54, 1.807) is 38.5 Å². The van der Waals surface area contributed by atoms with E-state index >= 15 is 0 Å². The minimum absolute atomic E-state index is 0.487. The average molecular weight is 260 g/mol. The number of rotatable bonds is 2. The zero-order valence-corrected chi connectivity index (χ0v) is 12.1. The van der Waals surface area contributed by atoms with Crippen LogP contribution in [0.25, 0.3) is 0 Å². The van der Waals surface area contributed by atoms with E-state index in [4.69, 9.17) is 5.73 Å². The first kappa shape index (κ1) is 11.6. The first-order valence-corrected chi connectivity index (χ1v) is 8.63. The van der Waals surface area contributed by atoms with Crippen molar-refractivity contribution in [2.45, 2.75) is 57.4 Å². The van der Waals surface area contributed by atoms with E-state index < -0.39 is 0 Å². The predicted molar refractivity (Wildman–Crippen MR) is 76.7 cm³/mol. The highest BCUT2D eigenvalue weighted by Gasteiger charge is 2.56. The van der Waals surface area contributed by atoms with Crippen LogP contribution in [0.1, 0.15) is 51.4 Å². The second kappa shape index (κ2) is 3.57. The van der Waals surface area contributed by atoms with Crippen molar-refractivity contribution in [3.05, 3.63) is 0 Å². The Balaban J connectivity index is 1.34. The summed E-state index contributed by atoms with van der Waals surface area (Å²) in [4.78, 5) is 2.77. The molecular formula is C17H28N2. The molecule has 6 aliphatic rings. The van der Waals surface area contributed by atoms with Crippen molar-refractivity contribution < 1.29 is 0 Å². The lowest BCUT2D eigenvalue weighted by Crippen LogP contribution is -2.51. The van der Waals surface area contributed by atoms with Crippen LogP contribution in [0.5, 0.6) is 0 Å². The summed E-state index contributed by atoms with van der Waals surface area (Å²) in [6, 6.07) is 0.487. The number of hydrogen-bond donors (Lipinski definition) is 1. The lowest BCUT2D eigenvalue weighted by atomic mass is 9.49. The largest absolute Gasteiger partial charge is 0.326 e. The Morgan fingerprint density at radius 3 is 2.00 bits per heavy atom. The van der Waals surface area contributed by atoms with Gasteiger partial charge in [0.2, 0.25) is 0 Å². The van der Waals surface area contributed by atoms with Crippen molar-refractivity contribution in [3.63, 3.8) is 0 Å². The summed E-state index contributed by atoms with van der Waals surface area (Å²) in [7, 11) is 0. The molecule has 0 radical (unpaired) electrons. The topological polar surface area (TPSA) is 29.3 Å². The Labute approximate surface area is 117 Å². The van der Waals surface area contributed by atoms with Crippen molar-refractivity contribution in [2.75, 3.05) is 19.6 Å². The van der Waals surface area contributed by atoms with Crippen molar-refractivity contribution >= 4 is 0 Å². The highest BCUT2D eigenvalue weighted by atomic mass is 15.2. The van der Waals surface area contributed by atoms with Crippen molar-refractivity contribution in [2.24, 2.45) is 34.3 Å². The Hall–Kier alpha value is -0.0800. The lowest BCUT2D eigenvalue weighted by Gasteiger charge is -2.57. The van der Waals surface area contributed by atoms with Gasteiger partial charge in [-0.25, -0.2) is 0 Å². The van der Waals surface area contributed by atoms with E-state index in [9.17, 15) is 0 Å².